The van der Waals surface area contributed by atoms with Crippen LogP contribution in [0.3, 0.4) is 0 Å². The maximum Gasteiger partial charge on any atom is 0.234 e. The van der Waals surface area contributed by atoms with E-state index < -0.39 is 0 Å². The van der Waals surface area contributed by atoms with Crippen molar-refractivity contribution in [2.24, 2.45) is 0 Å². The second kappa shape index (κ2) is 9.38. The van der Waals surface area contributed by atoms with Gasteiger partial charge in [0.2, 0.25) is 5.91 Å². The summed E-state index contributed by atoms with van der Waals surface area (Å²) < 4.78 is 11.4. The Morgan fingerprint density at radius 2 is 2.00 bits per heavy atom. The predicted molar refractivity (Wildman–Crippen MR) is 112 cm³/mol. The summed E-state index contributed by atoms with van der Waals surface area (Å²) in [6.45, 7) is 5.47. The van der Waals surface area contributed by atoms with Crippen molar-refractivity contribution in [3.05, 3.63) is 52.5 Å². The molecule has 1 N–H and O–H groups in total. The van der Waals surface area contributed by atoms with Crippen molar-refractivity contribution in [1.82, 2.24) is 0 Å². The Labute approximate surface area is 169 Å². The summed E-state index contributed by atoms with van der Waals surface area (Å²) in [6, 6.07) is 11.8. The fourth-order valence-corrected chi connectivity index (χ4v) is 3.98. The van der Waals surface area contributed by atoms with Crippen molar-refractivity contribution < 1.29 is 14.3 Å². The molecule has 0 aliphatic carbocycles. The van der Waals surface area contributed by atoms with Crippen LogP contribution < -0.4 is 14.8 Å². The van der Waals surface area contributed by atoms with Crippen LogP contribution in [0.15, 0.2) is 36.4 Å². The van der Waals surface area contributed by atoms with Gasteiger partial charge in [0, 0.05) is 17.9 Å². The largest absolute Gasteiger partial charge is 0.489 e. The average molecular weight is 406 g/mol. The number of hydrogen-bond acceptors (Lipinski definition) is 4. The minimum absolute atomic E-state index is 0.00598. The molecule has 0 fully saturated rings. The number of ether oxygens (including phenoxy) is 2. The lowest BCUT2D eigenvalue weighted by molar-refractivity contribution is -0.113. The minimum atomic E-state index is -0.00598. The zero-order valence-corrected chi connectivity index (χ0v) is 17.2. The highest BCUT2D eigenvalue weighted by Gasteiger charge is 2.16. The highest BCUT2D eigenvalue weighted by Crippen LogP contribution is 2.38. The Morgan fingerprint density at radius 3 is 2.81 bits per heavy atom. The van der Waals surface area contributed by atoms with Gasteiger partial charge in [-0.1, -0.05) is 43.6 Å². The van der Waals surface area contributed by atoms with E-state index in [1.165, 1.54) is 0 Å². The van der Waals surface area contributed by atoms with Gasteiger partial charge in [0.1, 0.15) is 0 Å². The molecule has 144 valence electrons. The maximum atomic E-state index is 12.3. The fraction of sp³-hybridized carbons (Fsp3) is 0.381. The molecule has 0 atom stereocenters. The number of para-hydroxylation sites is 1. The number of halogens is 1. The van der Waals surface area contributed by atoms with Crippen LogP contribution in [-0.2, 0) is 10.5 Å². The van der Waals surface area contributed by atoms with Crippen LogP contribution in [0.1, 0.15) is 37.3 Å². The summed E-state index contributed by atoms with van der Waals surface area (Å²) in [6.07, 6.45) is 0.840. The zero-order chi connectivity index (χ0) is 19.2. The molecule has 1 amide bonds. The Hall–Kier alpha value is -1.85. The van der Waals surface area contributed by atoms with Gasteiger partial charge in [-0.3, -0.25) is 4.79 Å². The number of rotatable bonds is 6. The number of nitrogens with one attached hydrogen (secondary N) is 1. The normalized spacial score (nSPS) is 13.3. The van der Waals surface area contributed by atoms with Gasteiger partial charge in [-0.2, -0.15) is 0 Å². The maximum absolute atomic E-state index is 12.3. The summed E-state index contributed by atoms with van der Waals surface area (Å²) >= 11 is 7.87. The second-order valence-electron chi connectivity index (χ2n) is 6.74. The van der Waals surface area contributed by atoms with E-state index in [4.69, 9.17) is 21.1 Å². The van der Waals surface area contributed by atoms with Gasteiger partial charge >= 0.3 is 0 Å². The van der Waals surface area contributed by atoms with Crippen LogP contribution in [-0.4, -0.2) is 24.9 Å². The molecule has 0 unspecified atom stereocenters. The number of anilines is 1. The van der Waals surface area contributed by atoms with Crippen molar-refractivity contribution in [2.45, 2.75) is 31.9 Å². The Morgan fingerprint density at radius 1 is 1.22 bits per heavy atom. The Kier molecular flexibility index (Phi) is 6.91. The lowest BCUT2D eigenvalue weighted by Crippen LogP contribution is -2.15. The highest BCUT2D eigenvalue weighted by atomic mass is 35.5. The van der Waals surface area contributed by atoms with E-state index in [9.17, 15) is 4.79 Å². The minimum Gasteiger partial charge on any atom is -0.489 e. The quantitative estimate of drug-likeness (QED) is 0.689. The van der Waals surface area contributed by atoms with E-state index in [1.54, 1.807) is 11.8 Å². The van der Waals surface area contributed by atoms with Crippen molar-refractivity contribution in [3.63, 3.8) is 0 Å². The number of hydrogen-bond donors (Lipinski definition) is 1. The van der Waals surface area contributed by atoms with Crippen LogP contribution in [0.4, 0.5) is 5.69 Å². The molecule has 0 saturated carbocycles. The standard InChI is InChI=1S/C21H24ClNO3S/c1-14(2)16-6-3-4-7-18(16)23-20(24)13-27-12-15-10-17(22)21-19(11-15)25-8-5-9-26-21/h3-4,6-7,10-11,14H,5,8-9,12-13H2,1-2H3,(H,23,24). The molecule has 2 aromatic rings. The molecule has 1 aliphatic heterocycles. The second-order valence-corrected chi connectivity index (χ2v) is 8.13. The van der Waals surface area contributed by atoms with Crippen molar-refractivity contribution in [3.8, 4) is 11.5 Å². The summed E-state index contributed by atoms with van der Waals surface area (Å²) in [7, 11) is 0. The van der Waals surface area contributed by atoms with Gasteiger partial charge in [0.05, 0.1) is 24.0 Å². The van der Waals surface area contributed by atoms with Gasteiger partial charge in [-0.25, -0.2) is 0 Å². The predicted octanol–water partition coefficient (Wildman–Crippen LogP) is 5.50. The SMILES string of the molecule is CC(C)c1ccccc1NC(=O)CSCc1cc(Cl)c2c(c1)OCCCO2. The van der Waals surface area contributed by atoms with Crippen LogP contribution in [0, 0.1) is 0 Å². The van der Waals surface area contributed by atoms with Gasteiger partial charge < -0.3 is 14.8 Å². The lowest BCUT2D eigenvalue weighted by Gasteiger charge is -2.14. The van der Waals surface area contributed by atoms with Gasteiger partial charge in [-0.05, 0) is 35.2 Å². The Bertz CT molecular complexity index is 810. The van der Waals surface area contributed by atoms with Crippen molar-refractivity contribution >= 4 is 35.0 Å². The number of thioether (sulfide) groups is 1. The van der Waals surface area contributed by atoms with Crippen LogP contribution in [0.5, 0.6) is 11.5 Å². The summed E-state index contributed by atoms with van der Waals surface area (Å²) in [5, 5.41) is 3.57. The van der Waals surface area contributed by atoms with Gasteiger partial charge in [0.15, 0.2) is 11.5 Å². The molecular formula is C21H24ClNO3S. The van der Waals surface area contributed by atoms with Crippen LogP contribution in [0.2, 0.25) is 5.02 Å². The number of amides is 1. The molecule has 27 heavy (non-hydrogen) atoms. The van der Waals surface area contributed by atoms with E-state index in [2.05, 4.69) is 19.2 Å². The molecule has 3 rings (SSSR count). The van der Waals surface area contributed by atoms with Gasteiger partial charge in [0.25, 0.3) is 0 Å². The third-order valence-corrected chi connectivity index (χ3v) is 5.51. The number of benzene rings is 2. The topological polar surface area (TPSA) is 47.6 Å². The molecule has 0 bridgehead atoms. The molecule has 1 heterocycles. The lowest BCUT2D eigenvalue weighted by atomic mass is 10.0. The summed E-state index contributed by atoms with van der Waals surface area (Å²) in [4.78, 5) is 12.3. The molecule has 2 aromatic carbocycles. The first-order valence-corrected chi connectivity index (χ1v) is 10.6. The van der Waals surface area contributed by atoms with E-state index in [0.717, 1.165) is 23.2 Å². The molecular weight excluding hydrogens is 382 g/mol. The van der Waals surface area contributed by atoms with E-state index in [0.29, 0.717) is 47.2 Å². The van der Waals surface area contributed by atoms with Crippen molar-refractivity contribution in [1.29, 1.82) is 0 Å². The van der Waals surface area contributed by atoms with E-state index in [-0.39, 0.29) is 5.91 Å². The number of carbonyl (C=O) groups excluding carboxylic acids is 1. The molecule has 0 radical (unpaired) electrons. The van der Waals surface area contributed by atoms with E-state index >= 15 is 0 Å². The molecule has 1 aliphatic rings. The summed E-state index contributed by atoms with van der Waals surface area (Å²) in [5.41, 5.74) is 3.05. The van der Waals surface area contributed by atoms with Crippen molar-refractivity contribution in [2.75, 3.05) is 24.3 Å². The first kappa shape index (κ1) is 19.9. The zero-order valence-electron chi connectivity index (χ0n) is 15.6. The monoisotopic (exact) mass is 405 g/mol. The van der Waals surface area contributed by atoms with E-state index in [1.807, 2.05) is 36.4 Å². The van der Waals surface area contributed by atoms with Gasteiger partial charge in [-0.15, -0.1) is 11.8 Å². The molecule has 0 spiro atoms. The van der Waals surface area contributed by atoms with Crippen LogP contribution in [0.25, 0.3) is 0 Å². The number of fused-ring (bicyclic) bond motifs is 1. The third-order valence-electron chi connectivity index (χ3n) is 4.22. The summed E-state index contributed by atoms with van der Waals surface area (Å²) in [5.74, 6) is 2.71. The highest BCUT2D eigenvalue weighted by molar-refractivity contribution is 7.99. The molecule has 0 saturated heterocycles. The smallest absolute Gasteiger partial charge is 0.234 e. The molecule has 0 aromatic heterocycles. The first-order valence-electron chi connectivity index (χ1n) is 9.09. The Balaban J connectivity index is 1.56. The molecule has 6 heteroatoms. The number of carbonyl (C=O) groups is 1. The average Bonchev–Trinajstić information content (AvgIpc) is 2.88. The molecule has 4 nitrogen and oxygen atoms in total. The third kappa shape index (κ3) is 5.33. The fourth-order valence-electron chi connectivity index (χ4n) is 2.93. The first-order chi connectivity index (χ1) is 13.0. The van der Waals surface area contributed by atoms with Crippen LogP contribution >= 0.6 is 23.4 Å².